The van der Waals surface area contributed by atoms with Gasteiger partial charge in [-0.3, -0.25) is 4.79 Å². The van der Waals surface area contributed by atoms with Gasteiger partial charge in [-0.25, -0.2) is 13.1 Å². The van der Waals surface area contributed by atoms with Gasteiger partial charge >= 0.3 is 0 Å². The summed E-state index contributed by atoms with van der Waals surface area (Å²) in [4.78, 5) is 11.9. The second-order valence-electron chi connectivity index (χ2n) is 4.73. The zero-order chi connectivity index (χ0) is 14.9. The molecular formula is C12H13N5O3S. The van der Waals surface area contributed by atoms with Crippen molar-refractivity contribution in [2.75, 3.05) is 5.32 Å². The van der Waals surface area contributed by atoms with Crippen LogP contribution in [0.4, 0.5) is 5.69 Å². The van der Waals surface area contributed by atoms with E-state index in [1.165, 1.54) is 18.3 Å². The van der Waals surface area contributed by atoms with E-state index >= 15 is 0 Å². The third-order valence-corrected chi connectivity index (χ3v) is 4.47. The summed E-state index contributed by atoms with van der Waals surface area (Å²) in [6, 6.07) is 6.09. The maximum atomic E-state index is 12.1. The average molecular weight is 307 g/mol. The Bertz CT molecular complexity index is 753. The number of aromatic amines is 1. The zero-order valence-corrected chi connectivity index (χ0v) is 11.7. The number of carbonyl (C=O) groups is 1. The van der Waals surface area contributed by atoms with Crippen molar-refractivity contribution in [1.29, 1.82) is 0 Å². The molecule has 1 aromatic carbocycles. The summed E-state index contributed by atoms with van der Waals surface area (Å²) in [6.45, 7) is 0. The van der Waals surface area contributed by atoms with Gasteiger partial charge in [-0.1, -0.05) is 6.07 Å². The molecule has 1 saturated carbocycles. The van der Waals surface area contributed by atoms with Gasteiger partial charge in [0.15, 0.2) is 5.69 Å². The van der Waals surface area contributed by atoms with Crippen molar-refractivity contribution in [2.24, 2.45) is 0 Å². The van der Waals surface area contributed by atoms with Crippen molar-refractivity contribution in [3.05, 3.63) is 36.2 Å². The van der Waals surface area contributed by atoms with E-state index in [-0.39, 0.29) is 16.6 Å². The molecule has 110 valence electrons. The van der Waals surface area contributed by atoms with Crippen molar-refractivity contribution in [3.63, 3.8) is 0 Å². The topological polar surface area (TPSA) is 117 Å². The summed E-state index contributed by atoms with van der Waals surface area (Å²) in [5.41, 5.74) is 0.501. The predicted molar refractivity (Wildman–Crippen MR) is 74.1 cm³/mol. The second kappa shape index (κ2) is 5.26. The second-order valence-corrected chi connectivity index (χ2v) is 6.45. The number of benzene rings is 1. The summed E-state index contributed by atoms with van der Waals surface area (Å²) < 4.78 is 26.8. The van der Waals surface area contributed by atoms with E-state index in [1.807, 2.05) is 0 Å². The Morgan fingerprint density at radius 2 is 2.14 bits per heavy atom. The molecule has 1 aliphatic rings. The van der Waals surface area contributed by atoms with E-state index in [0.29, 0.717) is 5.69 Å². The van der Waals surface area contributed by atoms with Crippen molar-refractivity contribution in [1.82, 2.24) is 20.1 Å². The number of nitrogens with one attached hydrogen (secondary N) is 3. The molecule has 0 aliphatic heterocycles. The Morgan fingerprint density at radius 1 is 1.33 bits per heavy atom. The first-order chi connectivity index (χ1) is 10.0. The Labute approximate surface area is 121 Å². The summed E-state index contributed by atoms with van der Waals surface area (Å²) in [7, 11) is -3.54. The van der Waals surface area contributed by atoms with Crippen LogP contribution in [-0.4, -0.2) is 35.8 Å². The number of sulfonamides is 1. The maximum absolute atomic E-state index is 12.1. The number of H-pyrrole nitrogens is 1. The molecule has 0 bridgehead atoms. The van der Waals surface area contributed by atoms with E-state index in [1.54, 1.807) is 12.1 Å². The van der Waals surface area contributed by atoms with Gasteiger partial charge in [-0.2, -0.15) is 15.4 Å². The number of hydrogen-bond acceptors (Lipinski definition) is 5. The minimum absolute atomic E-state index is 0.0309. The molecule has 9 heteroatoms. The Hall–Kier alpha value is -2.26. The molecule has 21 heavy (non-hydrogen) atoms. The number of nitrogens with zero attached hydrogens (tertiary/aromatic N) is 2. The number of anilines is 1. The highest BCUT2D eigenvalue weighted by molar-refractivity contribution is 7.89. The molecular weight excluding hydrogens is 294 g/mol. The number of rotatable bonds is 5. The summed E-state index contributed by atoms with van der Waals surface area (Å²) >= 11 is 0. The molecule has 0 radical (unpaired) electrons. The SMILES string of the molecule is O=C(Nc1cccc(S(=O)(=O)NC2CC2)c1)c1cn[nH]n1. The first kappa shape index (κ1) is 13.7. The van der Waals surface area contributed by atoms with Crippen LogP contribution < -0.4 is 10.0 Å². The summed E-state index contributed by atoms with van der Waals surface area (Å²) in [6.07, 6.45) is 3.01. The first-order valence-corrected chi connectivity index (χ1v) is 7.82. The lowest BCUT2D eigenvalue weighted by Crippen LogP contribution is -2.25. The Morgan fingerprint density at radius 3 is 2.81 bits per heavy atom. The molecule has 3 N–H and O–H groups in total. The van der Waals surface area contributed by atoms with Gasteiger partial charge in [0.25, 0.3) is 5.91 Å². The fourth-order valence-electron chi connectivity index (χ4n) is 1.74. The fraction of sp³-hybridized carbons (Fsp3) is 0.250. The maximum Gasteiger partial charge on any atom is 0.277 e. The predicted octanol–water partition coefficient (Wildman–Crippen LogP) is 0.498. The van der Waals surface area contributed by atoms with Crippen LogP contribution in [0, 0.1) is 0 Å². The van der Waals surface area contributed by atoms with Crippen LogP contribution in [0.3, 0.4) is 0 Å². The molecule has 1 aliphatic carbocycles. The van der Waals surface area contributed by atoms with Crippen LogP contribution in [0.25, 0.3) is 0 Å². The minimum Gasteiger partial charge on any atom is -0.321 e. The Kier molecular flexibility index (Phi) is 3.43. The molecule has 3 rings (SSSR count). The molecule has 8 nitrogen and oxygen atoms in total. The van der Waals surface area contributed by atoms with E-state index in [4.69, 9.17) is 0 Å². The highest BCUT2D eigenvalue weighted by Gasteiger charge is 2.28. The molecule has 1 fully saturated rings. The molecule has 0 saturated heterocycles. The number of carbonyl (C=O) groups excluding carboxylic acids is 1. The summed E-state index contributed by atoms with van der Waals surface area (Å²) in [5, 5.41) is 12.1. The largest absolute Gasteiger partial charge is 0.321 e. The first-order valence-electron chi connectivity index (χ1n) is 6.34. The Balaban J connectivity index is 1.78. The third kappa shape index (κ3) is 3.26. The quantitative estimate of drug-likeness (QED) is 0.743. The molecule has 1 aromatic heterocycles. The molecule has 1 amide bonds. The fourth-order valence-corrected chi connectivity index (χ4v) is 3.09. The van der Waals surface area contributed by atoms with Gasteiger partial charge in [-0.15, -0.1) is 0 Å². The molecule has 0 atom stereocenters. The smallest absolute Gasteiger partial charge is 0.277 e. The highest BCUT2D eigenvalue weighted by atomic mass is 32.2. The van der Waals surface area contributed by atoms with Crippen LogP contribution in [0.5, 0.6) is 0 Å². The molecule has 0 spiro atoms. The lowest BCUT2D eigenvalue weighted by molar-refractivity contribution is 0.102. The minimum atomic E-state index is -3.54. The van der Waals surface area contributed by atoms with Gasteiger partial charge in [0.1, 0.15) is 0 Å². The van der Waals surface area contributed by atoms with Crippen LogP contribution >= 0.6 is 0 Å². The van der Waals surface area contributed by atoms with Gasteiger partial charge in [0, 0.05) is 11.7 Å². The lowest BCUT2D eigenvalue weighted by Gasteiger charge is -2.08. The molecule has 0 unspecified atom stereocenters. The normalized spacial score (nSPS) is 14.9. The van der Waals surface area contributed by atoms with E-state index in [9.17, 15) is 13.2 Å². The van der Waals surface area contributed by atoms with E-state index in [0.717, 1.165) is 12.8 Å². The lowest BCUT2D eigenvalue weighted by atomic mass is 10.3. The van der Waals surface area contributed by atoms with E-state index in [2.05, 4.69) is 25.4 Å². The number of hydrogen-bond donors (Lipinski definition) is 3. The monoisotopic (exact) mass is 307 g/mol. The van der Waals surface area contributed by atoms with Crippen LogP contribution in [0.1, 0.15) is 23.3 Å². The summed E-state index contributed by atoms with van der Waals surface area (Å²) in [5.74, 6) is -0.464. The van der Waals surface area contributed by atoms with Crippen molar-refractivity contribution < 1.29 is 13.2 Å². The van der Waals surface area contributed by atoms with Crippen molar-refractivity contribution >= 4 is 21.6 Å². The average Bonchev–Trinajstić information content (AvgIpc) is 3.08. The number of aromatic nitrogens is 3. The van der Waals surface area contributed by atoms with Crippen molar-refractivity contribution in [2.45, 2.75) is 23.8 Å². The van der Waals surface area contributed by atoms with E-state index < -0.39 is 15.9 Å². The van der Waals surface area contributed by atoms with Crippen molar-refractivity contribution in [3.8, 4) is 0 Å². The molecule has 2 aromatic rings. The van der Waals surface area contributed by atoms with Crippen LogP contribution in [0.15, 0.2) is 35.4 Å². The third-order valence-electron chi connectivity index (χ3n) is 2.95. The number of amides is 1. The van der Waals surface area contributed by atoms with Crippen LogP contribution in [0.2, 0.25) is 0 Å². The van der Waals surface area contributed by atoms with Gasteiger partial charge in [0.05, 0.1) is 11.1 Å². The standard InChI is InChI=1S/C12H13N5O3S/c18-12(11-7-13-17-15-11)14-9-2-1-3-10(6-9)21(19,20)16-8-4-5-8/h1-3,6-8,16H,4-5H2,(H,14,18)(H,13,15,17). The van der Waals surface area contributed by atoms with Gasteiger partial charge < -0.3 is 5.32 Å². The zero-order valence-electron chi connectivity index (χ0n) is 10.9. The van der Waals surface area contributed by atoms with Crippen LogP contribution in [-0.2, 0) is 10.0 Å². The van der Waals surface area contributed by atoms with Gasteiger partial charge in [0.2, 0.25) is 10.0 Å². The highest BCUT2D eigenvalue weighted by Crippen LogP contribution is 2.23. The van der Waals surface area contributed by atoms with Gasteiger partial charge in [-0.05, 0) is 31.0 Å². The molecule has 1 heterocycles.